The number of nitrogens with one attached hydrogen (secondary N) is 1. The van der Waals surface area contributed by atoms with Crippen LogP contribution >= 0.6 is 9.24 Å². The fraction of sp³-hybridized carbons (Fsp3) is 0.571. The summed E-state index contributed by atoms with van der Waals surface area (Å²) < 4.78 is 0. The molecular formula is C14H28NP. The molecule has 0 heterocycles. The van der Waals surface area contributed by atoms with Gasteiger partial charge < -0.3 is 5.32 Å². The first-order valence-electron chi connectivity index (χ1n) is 6.02. The van der Waals surface area contributed by atoms with Gasteiger partial charge in [-0.05, 0) is 31.1 Å². The van der Waals surface area contributed by atoms with Gasteiger partial charge in [-0.25, -0.2) is 0 Å². The number of allylic oxidation sites excluding steroid dienone is 2. The molecule has 0 aromatic rings. The second-order valence-electron chi connectivity index (χ2n) is 3.51. The van der Waals surface area contributed by atoms with E-state index in [-0.39, 0.29) is 0 Å². The average molecular weight is 241 g/mol. The van der Waals surface area contributed by atoms with Gasteiger partial charge in [-0.2, -0.15) is 0 Å². The van der Waals surface area contributed by atoms with Crippen molar-refractivity contribution in [2.75, 3.05) is 19.8 Å². The van der Waals surface area contributed by atoms with Crippen molar-refractivity contribution >= 4 is 9.24 Å². The lowest BCUT2D eigenvalue weighted by molar-refractivity contribution is 0.678. The average Bonchev–Trinajstić information content (AvgIpc) is 2.31. The van der Waals surface area contributed by atoms with Crippen molar-refractivity contribution in [2.45, 2.75) is 27.2 Å². The molecule has 0 radical (unpaired) electrons. The Kier molecular flexibility index (Phi) is 14.3. The summed E-state index contributed by atoms with van der Waals surface area (Å²) in [6.07, 6.45) is 6.32. The van der Waals surface area contributed by atoms with E-state index in [9.17, 15) is 0 Å². The molecule has 0 saturated heterocycles. The lowest BCUT2D eigenvalue weighted by atomic mass is 9.98. The first kappa shape index (κ1) is 18.0. The zero-order valence-corrected chi connectivity index (χ0v) is 12.5. The Hall–Kier alpha value is -0.390. The number of likely N-dealkylation sites (N-methyl/N-ethyl adjacent to an activating group) is 1. The lowest BCUT2D eigenvalue weighted by Gasteiger charge is -2.11. The van der Waals surface area contributed by atoms with Gasteiger partial charge in [-0.1, -0.05) is 51.7 Å². The fourth-order valence-corrected chi connectivity index (χ4v) is 1.70. The monoisotopic (exact) mass is 241 g/mol. The van der Waals surface area contributed by atoms with Gasteiger partial charge in [0, 0.05) is 6.54 Å². The van der Waals surface area contributed by atoms with Crippen LogP contribution in [0.15, 0.2) is 36.5 Å². The van der Waals surface area contributed by atoms with Crippen molar-refractivity contribution < 1.29 is 0 Å². The van der Waals surface area contributed by atoms with Crippen LogP contribution in [0.2, 0.25) is 0 Å². The second-order valence-corrected chi connectivity index (χ2v) is 4.08. The maximum Gasteiger partial charge on any atom is 0.0202 e. The van der Waals surface area contributed by atoms with Gasteiger partial charge in [-0.3, -0.25) is 0 Å². The normalized spacial score (nSPS) is 12.4. The Morgan fingerprint density at radius 1 is 1.44 bits per heavy atom. The molecule has 0 bridgehead atoms. The fourth-order valence-electron chi connectivity index (χ4n) is 1.20. The summed E-state index contributed by atoms with van der Waals surface area (Å²) in [6, 6.07) is 0. The van der Waals surface area contributed by atoms with Crippen LogP contribution in [-0.4, -0.2) is 19.8 Å². The third-order valence-corrected chi connectivity index (χ3v) is 2.58. The highest BCUT2D eigenvalue weighted by Crippen LogP contribution is 2.16. The van der Waals surface area contributed by atoms with Crippen LogP contribution in [0.5, 0.6) is 0 Å². The van der Waals surface area contributed by atoms with Crippen molar-refractivity contribution in [3.8, 4) is 0 Å². The lowest BCUT2D eigenvalue weighted by Crippen LogP contribution is -2.10. The van der Waals surface area contributed by atoms with E-state index in [1.54, 1.807) is 0 Å². The van der Waals surface area contributed by atoms with E-state index in [2.05, 4.69) is 40.7 Å². The second kappa shape index (κ2) is 12.7. The summed E-state index contributed by atoms with van der Waals surface area (Å²) in [5, 5.41) is 3.11. The molecule has 0 aliphatic rings. The molecule has 16 heavy (non-hydrogen) atoms. The van der Waals surface area contributed by atoms with Crippen molar-refractivity contribution in [3.05, 3.63) is 36.5 Å². The third-order valence-electron chi connectivity index (χ3n) is 2.25. The highest BCUT2D eigenvalue weighted by molar-refractivity contribution is 7.16. The molecule has 0 fully saturated rings. The highest BCUT2D eigenvalue weighted by atomic mass is 31.0. The zero-order chi connectivity index (χ0) is 13.0. The Morgan fingerprint density at radius 2 is 2.00 bits per heavy atom. The van der Waals surface area contributed by atoms with Crippen LogP contribution in [0.25, 0.3) is 0 Å². The molecule has 0 amide bonds. The topological polar surface area (TPSA) is 12.0 Å². The number of hydrogen-bond donors (Lipinski definition) is 1. The maximum absolute atomic E-state index is 4.08. The zero-order valence-electron chi connectivity index (χ0n) is 11.3. The number of hydrogen-bond acceptors (Lipinski definition) is 1. The minimum Gasteiger partial charge on any atom is -0.316 e. The van der Waals surface area contributed by atoms with Gasteiger partial charge in [0.05, 0.1) is 0 Å². The van der Waals surface area contributed by atoms with E-state index in [0.717, 1.165) is 12.7 Å². The molecule has 1 nitrogen and oxygen atoms in total. The van der Waals surface area contributed by atoms with Gasteiger partial charge in [0.15, 0.2) is 0 Å². The summed E-state index contributed by atoms with van der Waals surface area (Å²) in [6.45, 7) is 14.9. The van der Waals surface area contributed by atoms with Gasteiger partial charge in [-0.15, -0.1) is 9.24 Å². The molecule has 0 aromatic heterocycles. The van der Waals surface area contributed by atoms with Gasteiger partial charge >= 0.3 is 0 Å². The predicted octanol–water partition coefficient (Wildman–Crippen LogP) is 3.80. The molecular weight excluding hydrogens is 213 g/mol. The predicted molar refractivity (Wildman–Crippen MR) is 81.1 cm³/mol. The van der Waals surface area contributed by atoms with E-state index < -0.39 is 0 Å². The highest BCUT2D eigenvalue weighted by Gasteiger charge is 2.03. The standard InChI is InChI=1S/C12H22NP.C2H6/c1-5-12(9-13-4)8-11(3)10(2)6-7-14;1-2/h5,8,10,13H,1,3,6-7,9,14H2,2,4H3;1-2H3/b12-8+;. The van der Waals surface area contributed by atoms with Crippen molar-refractivity contribution in [3.63, 3.8) is 0 Å². The summed E-state index contributed by atoms with van der Waals surface area (Å²) >= 11 is 0. The Labute approximate surface area is 104 Å². The third kappa shape index (κ3) is 8.88. The van der Waals surface area contributed by atoms with Gasteiger partial charge in [0.2, 0.25) is 0 Å². The molecule has 1 N–H and O–H groups in total. The minimum atomic E-state index is 0.555. The van der Waals surface area contributed by atoms with Crippen LogP contribution in [0.3, 0.4) is 0 Å². The molecule has 0 spiro atoms. The molecule has 2 unspecified atom stereocenters. The van der Waals surface area contributed by atoms with Gasteiger partial charge in [0.1, 0.15) is 0 Å². The Balaban J connectivity index is 0. The van der Waals surface area contributed by atoms with E-state index >= 15 is 0 Å². The van der Waals surface area contributed by atoms with Gasteiger partial charge in [0.25, 0.3) is 0 Å². The molecule has 0 aliphatic carbocycles. The van der Waals surface area contributed by atoms with E-state index in [4.69, 9.17) is 0 Å². The smallest absolute Gasteiger partial charge is 0.0202 e. The number of rotatable bonds is 7. The summed E-state index contributed by atoms with van der Waals surface area (Å²) in [7, 11) is 4.69. The molecule has 94 valence electrons. The molecule has 0 aliphatic heterocycles. The van der Waals surface area contributed by atoms with Crippen LogP contribution in [0, 0.1) is 5.92 Å². The van der Waals surface area contributed by atoms with E-state index in [0.29, 0.717) is 5.92 Å². The quantitative estimate of drug-likeness (QED) is 0.528. The first-order valence-corrected chi connectivity index (χ1v) is 6.83. The Bertz CT molecular complexity index is 219. The largest absolute Gasteiger partial charge is 0.316 e. The molecule has 2 heteroatoms. The molecule has 0 saturated carbocycles. The van der Waals surface area contributed by atoms with Crippen LogP contribution in [0.4, 0.5) is 0 Å². The van der Waals surface area contributed by atoms with E-state index in [1.165, 1.54) is 17.6 Å². The van der Waals surface area contributed by atoms with Crippen molar-refractivity contribution in [1.82, 2.24) is 5.32 Å². The van der Waals surface area contributed by atoms with Crippen LogP contribution in [-0.2, 0) is 0 Å². The molecule has 0 aromatic carbocycles. The molecule has 0 rings (SSSR count). The maximum atomic E-state index is 4.08. The molecule has 2 atom stereocenters. The van der Waals surface area contributed by atoms with Crippen molar-refractivity contribution in [2.24, 2.45) is 5.92 Å². The first-order chi connectivity index (χ1) is 7.65. The summed E-state index contributed by atoms with van der Waals surface area (Å²) in [5.74, 6) is 0.555. The van der Waals surface area contributed by atoms with E-state index in [1.807, 2.05) is 27.0 Å². The summed E-state index contributed by atoms with van der Waals surface area (Å²) in [5.41, 5.74) is 2.39. The summed E-state index contributed by atoms with van der Waals surface area (Å²) in [4.78, 5) is 0. The van der Waals surface area contributed by atoms with Crippen molar-refractivity contribution in [1.29, 1.82) is 0 Å². The Morgan fingerprint density at radius 3 is 2.38 bits per heavy atom. The minimum absolute atomic E-state index is 0.555. The SMILES string of the molecule is C=C/C(=C\C(=C)C(C)CCP)CNC.CC. The van der Waals surface area contributed by atoms with Crippen LogP contribution in [0.1, 0.15) is 27.2 Å². The van der Waals surface area contributed by atoms with Crippen LogP contribution < -0.4 is 5.32 Å².